The first-order valence-electron chi connectivity index (χ1n) is 5.19. The molecule has 0 bridgehead atoms. The summed E-state index contributed by atoms with van der Waals surface area (Å²) < 4.78 is 0. The fourth-order valence-electron chi connectivity index (χ4n) is 1.51. The third-order valence-corrected chi connectivity index (χ3v) is 2.94. The predicted molar refractivity (Wildman–Crippen MR) is 58.4 cm³/mol. The highest BCUT2D eigenvalue weighted by Gasteiger charge is 2.41. The molecule has 1 fully saturated rings. The Bertz CT molecular complexity index is 402. The maximum Gasteiger partial charge on any atom is 0.335 e. The maximum atomic E-state index is 10.7. The van der Waals surface area contributed by atoms with Crippen LogP contribution in [-0.4, -0.2) is 34.3 Å². The summed E-state index contributed by atoms with van der Waals surface area (Å²) in [5.74, 6) is -0.423. The molecule has 0 radical (unpaired) electrons. The van der Waals surface area contributed by atoms with Crippen molar-refractivity contribution < 1.29 is 15.0 Å². The topological polar surface area (TPSA) is 82.5 Å². The quantitative estimate of drug-likeness (QED) is 0.691. The number of carbonyl (C=O) groups is 1. The van der Waals surface area contributed by atoms with E-state index in [-0.39, 0.29) is 17.6 Å². The maximum absolute atomic E-state index is 10.7. The van der Waals surface area contributed by atoms with Crippen LogP contribution >= 0.6 is 0 Å². The number of hydrogen-bond donors (Lipinski definition) is 3. The predicted octanol–water partition coefficient (Wildman–Crippen LogP) is 0.964. The Morgan fingerprint density at radius 2 is 2.31 bits per heavy atom. The fourth-order valence-corrected chi connectivity index (χ4v) is 1.51. The molecule has 1 aromatic heterocycles. The normalized spacial score (nSPS) is 16.8. The number of nitrogens with one attached hydrogen (secondary N) is 1. The second kappa shape index (κ2) is 4.09. The number of carboxylic acids is 1. The molecule has 5 heteroatoms. The van der Waals surface area contributed by atoms with Gasteiger partial charge in [0.2, 0.25) is 0 Å². The van der Waals surface area contributed by atoms with E-state index in [9.17, 15) is 4.79 Å². The van der Waals surface area contributed by atoms with Gasteiger partial charge >= 0.3 is 5.97 Å². The van der Waals surface area contributed by atoms with Gasteiger partial charge in [-0.2, -0.15) is 0 Å². The highest BCUT2D eigenvalue weighted by Crippen LogP contribution is 2.44. The summed E-state index contributed by atoms with van der Waals surface area (Å²) in [6.45, 7) is 0.804. The number of hydrogen-bond acceptors (Lipinski definition) is 4. The van der Waals surface area contributed by atoms with E-state index in [0.29, 0.717) is 12.4 Å². The lowest BCUT2D eigenvalue weighted by atomic mass is 10.1. The van der Waals surface area contributed by atoms with E-state index in [1.54, 1.807) is 0 Å². The van der Waals surface area contributed by atoms with Gasteiger partial charge in [-0.05, 0) is 25.0 Å². The van der Waals surface area contributed by atoms with Crippen molar-refractivity contribution in [3.63, 3.8) is 0 Å². The number of carboxylic acid groups (broad SMARTS) is 1. The third-order valence-electron chi connectivity index (χ3n) is 2.94. The van der Waals surface area contributed by atoms with Gasteiger partial charge in [0.1, 0.15) is 5.82 Å². The van der Waals surface area contributed by atoms with Crippen LogP contribution in [0.25, 0.3) is 0 Å². The number of nitrogens with zero attached hydrogens (tertiary/aromatic N) is 1. The third kappa shape index (κ3) is 2.30. The molecule has 0 aliphatic heterocycles. The Labute approximate surface area is 93.1 Å². The van der Waals surface area contributed by atoms with Gasteiger partial charge in [-0.25, -0.2) is 9.78 Å². The number of anilines is 1. The molecular weight excluding hydrogens is 208 g/mol. The summed E-state index contributed by atoms with van der Waals surface area (Å²) >= 11 is 0. The molecule has 0 spiro atoms. The van der Waals surface area contributed by atoms with Crippen LogP contribution < -0.4 is 5.32 Å². The lowest BCUT2D eigenvalue weighted by molar-refractivity contribution is 0.0697. The van der Waals surface area contributed by atoms with E-state index in [4.69, 9.17) is 10.2 Å². The van der Waals surface area contributed by atoms with E-state index in [1.165, 1.54) is 18.3 Å². The van der Waals surface area contributed by atoms with Crippen molar-refractivity contribution in [2.75, 3.05) is 18.5 Å². The number of aromatic nitrogens is 1. The largest absolute Gasteiger partial charge is 0.478 e. The zero-order valence-electron chi connectivity index (χ0n) is 8.81. The Kier molecular flexibility index (Phi) is 2.78. The van der Waals surface area contributed by atoms with Crippen molar-refractivity contribution in [1.29, 1.82) is 0 Å². The van der Waals surface area contributed by atoms with Gasteiger partial charge in [0, 0.05) is 18.2 Å². The summed E-state index contributed by atoms with van der Waals surface area (Å²) in [6.07, 6.45) is 3.48. The molecule has 1 heterocycles. The van der Waals surface area contributed by atoms with Crippen molar-refractivity contribution in [1.82, 2.24) is 4.98 Å². The number of aromatic carboxylic acids is 1. The van der Waals surface area contributed by atoms with Crippen LogP contribution in [-0.2, 0) is 0 Å². The summed E-state index contributed by atoms with van der Waals surface area (Å²) in [5, 5.41) is 21.0. The summed E-state index contributed by atoms with van der Waals surface area (Å²) in [5.41, 5.74) is 0.201. The minimum absolute atomic E-state index is 0.0130. The second-order valence-electron chi connectivity index (χ2n) is 4.25. The van der Waals surface area contributed by atoms with Gasteiger partial charge in [-0.1, -0.05) is 0 Å². The van der Waals surface area contributed by atoms with Crippen molar-refractivity contribution in [2.24, 2.45) is 5.41 Å². The minimum Gasteiger partial charge on any atom is -0.478 e. The SMILES string of the molecule is O=C(O)c1ccnc(NCC2(CO)CC2)c1. The van der Waals surface area contributed by atoms with Crippen LogP contribution in [0.2, 0.25) is 0 Å². The van der Waals surface area contributed by atoms with Gasteiger partial charge < -0.3 is 15.5 Å². The van der Waals surface area contributed by atoms with Crippen LogP contribution in [0.5, 0.6) is 0 Å². The molecule has 16 heavy (non-hydrogen) atoms. The molecule has 3 N–H and O–H groups in total. The summed E-state index contributed by atoms with van der Waals surface area (Å²) in [7, 11) is 0. The molecule has 0 saturated heterocycles. The molecule has 0 atom stereocenters. The van der Waals surface area contributed by atoms with Crippen LogP contribution in [0, 0.1) is 5.41 Å². The first-order valence-corrected chi connectivity index (χ1v) is 5.19. The zero-order valence-corrected chi connectivity index (χ0v) is 8.81. The van der Waals surface area contributed by atoms with Gasteiger partial charge in [0.15, 0.2) is 0 Å². The van der Waals surface area contributed by atoms with Crippen molar-refractivity contribution in [3.8, 4) is 0 Å². The van der Waals surface area contributed by atoms with Crippen molar-refractivity contribution in [3.05, 3.63) is 23.9 Å². The monoisotopic (exact) mass is 222 g/mol. The zero-order chi connectivity index (χ0) is 11.6. The molecule has 0 unspecified atom stereocenters. The van der Waals surface area contributed by atoms with Crippen molar-refractivity contribution in [2.45, 2.75) is 12.8 Å². The van der Waals surface area contributed by atoms with E-state index in [0.717, 1.165) is 12.8 Å². The lowest BCUT2D eigenvalue weighted by Gasteiger charge is -2.13. The molecule has 1 aliphatic rings. The first-order chi connectivity index (χ1) is 7.65. The highest BCUT2D eigenvalue weighted by molar-refractivity contribution is 5.88. The summed E-state index contributed by atoms with van der Waals surface area (Å²) in [4.78, 5) is 14.8. The Morgan fingerprint density at radius 3 is 2.88 bits per heavy atom. The molecular formula is C11H14N2O3. The minimum atomic E-state index is -0.964. The number of aliphatic hydroxyl groups is 1. The molecule has 86 valence electrons. The van der Waals surface area contributed by atoms with Gasteiger partial charge in [0.05, 0.1) is 12.2 Å². The fraction of sp³-hybridized carbons (Fsp3) is 0.455. The second-order valence-corrected chi connectivity index (χ2v) is 4.25. The van der Waals surface area contributed by atoms with Crippen molar-refractivity contribution >= 4 is 11.8 Å². The van der Waals surface area contributed by atoms with Crippen LogP contribution in [0.15, 0.2) is 18.3 Å². The number of pyridine rings is 1. The molecule has 1 aliphatic carbocycles. The van der Waals surface area contributed by atoms with Crippen LogP contribution in [0.1, 0.15) is 23.2 Å². The molecule has 0 aromatic carbocycles. The van der Waals surface area contributed by atoms with E-state index in [1.807, 2.05) is 0 Å². The first kappa shape index (κ1) is 10.9. The van der Waals surface area contributed by atoms with Gasteiger partial charge in [0.25, 0.3) is 0 Å². The Hall–Kier alpha value is -1.62. The Morgan fingerprint density at radius 1 is 1.56 bits per heavy atom. The van der Waals surface area contributed by atoms with E-state index in [2.05, 4.69) is 10.3 Å². The highest BCUT2D eigenvalue weighted by atomic mass is 16.4. The molecule has 5 nitrogen and oxygen atoms in total. The number of rotatable bonds is 5. The lowest BCUT2D eigenvalue weighted by Crippen LogP contribution is -2.19. The smallest absolute Gasteiger partial charge is 0.335 e. The molecule has 2 rings (SSSR count). The average Bonchev–Trinajstić information content (AvgIpc) is 3.07. The number of aliphatic hydroxyl groups excluding tert-OH is 1. The average molecular weight is 222 g/mol. The van der Waals surface area contributed by atoms with E-state index < -0.39 is 5.97 Å². The molecule has 1 saturated carbocycles. The standard InChI is InChI=1S/C11H14N2O3/c14-7-11(2-3-11)6-13-9-5-8(10(15)16)1-4-12-9/h1,4-5,14H,2-3,6-7H2,(H,12,13)(H,15,16). The van der Waals surface area contributed by atoms with Crippen LogP contribution in [0.4, 0.5) is 5.82 Å². The van der Waals surface area contributed by atoms with Crippen LogP contribution in [0.3, 0.4) is 0 Å². The molecule has 1 aromatic rings. The van der Waals surface area contributed by atoms with Gasteiger partial charge in [-0.3, -0.25) is 0 Å². The van der Waals surface area contributed by atoms with Gasteiger partial charge in [-0.15, -0.1) is 0 Å². The van der Waals surface area contributed by atoms with E-state index >= 15 is 0 Å². The Balaban J connectivity index is 1.99. The molecule has 0 amide bonds. The summed E-state index contributed by atoms with van der Waals surface area (Å²) in [6, 6.07) is 2.95.